The SMILES string of the molecule is CCCCCCCCC1(C#N)C=CC(c2ccccc2)=CC1. The highest BCUT2D eigenvalue weighted by atomic mass is 14.4. The molecule has 0 N–H and O–H groups in total. The summed E-state index contributed by atoms with van der Waals surface area (Å²) in [4.78, 5) is 0. The lowest BCUT2D eigenvalue weighted by Crippen LogP contribution is -2.17. The molecule has 0 saturated carbocycles. The summed E-state index contributed by atoms with van der Waals surface area (Å²) < 4.78 is 0. The Morgan fingerprint density at radius 3 is 2.41 bits per heavy atom. The molecule has 1 aromatic rings. The van der Waals surface area contributed by atoms with Gasteiger partial charge in [-0.15, -0.1) is 0 Å². The number of benzene rings is 1. The van der Waals surface area contributed by atoms with E-state index in [9.17, 15) is 5.26 Å². The van der Waals surface area contributed by atoms with Gasteiger partial charge in [-0.25, -0.2) is 0 Å². The molecule has 0 saturated heterocycles. The van der Waals surface area contributed by atoms with Gasteiger partial charge in [-0.3, -0.25) is 0 Å². The van der Waals surface area contributed by atoms with Gasteiger partial charge in [0.15, 0.2) is 0 Å². The van der Waals surface area contributed by atoms with E-state index in [1.54, 1.807) is 0 Å². The van der Waals surface area contributed by atoms with Crippen molar-refractivity contribution < 1.29 is 0 Å². The Hall–Kier alpha value is -1.81. The van der Waals surface area contributed by atoms with Crippen LogP contribution in [0.5, 0.6) is 0 Å². The van der Waals surface area contributed by atoms with Gasteiger partial charge in [-0.1, -0.05) is 94.0 Å². The molecule has 0 aromatic heterocycles. The van der Waals surface area contributed by atoms with E-state index in [4.69, 9.17) is 0 Å². The summed E-state index contributed by atoms with van der Waals surface area (Å²) in [5.74, 6) is 0. The Bertz CT molecular complexity index is 547. The molecule has 0 radical (unpaired) electrons. The van der Waals surface area contributed by atoms with Crippen LogP contribution in [0.25, 0.3) is 5.57 Å². The highest BCUT2D eigenvalue weighted by Gasteiger charge is 2.27. The fraction of sp³-hybridized carbons (Fsp3) is 0.476. The zero-order chi connectivity index (χ0) is 15.7. The first-order chi connectivity index (χ1) is 10.8. The summed E-state index contributed by atoms with van der Waals surface area (Å²) >= 11 is 0. The molecule has 0 bridgehead atoms. The number of nitrogens with zero attached hydrogens (tertiary/aromatic N) is 1. The molecule has 1 aromatic carbocycles. The molecule has 0 fully saturated rings. The largest absolute Gasteiger partial charge is 0.197 e. The molecule has 0 heterocycles. The lowest BCUT2D eigenvalue weighted by atomic mass is 9.76. The molecule has 1 aliphatic rings. The van der Waals surface area contributed by atoms with E-state index in [-0.39, 0.29) is 5.41 Å². The number of nitriles is 1. The van der Waals surface area contributed by atoms with Crippen molar-refractivity contribution in [3.8, 4) is 6.07 Å². The molecule has 1 atom stereocenters. The zero-order valence-corrected chi connectivity index (χ0v) is 13.7. The van der Waals surface area contributed by atoms with Crippen LogP contribution in [0.1, 0.15) is 63.9 Å². The second kappa shape index (κ2) is 8.59. The van der Waals surface area contributed by atoms with Crippen LogP contribution in [-0.4, -0.2) is 0 Å². The van der Waals surface area contributed by atoms with Crippen molar-refractivity contribution in [3.05, 3.63) is 54.1 Å². The van der Waals surface area contributed by atoms with Gasteiger partial charge < -0.3 is 0 Å². The van der Waals surface area contributed by atoms with Crippen molar-refractivity contribution in [1.29, 1.82) is 5.26 Å². The van der Waals surface area contributed by atoms with Crippen LogP contribution in [0, 0.1) is 16.7 Å². The molecule has 1 aliphatic carbocycles. The van der Waals surface area contributed by atoms with Crippen LogP contribution < -0.4 is 0 Å². The van der Waals surface area contributed by atoms with E-state index in [2.05, 4.69) is 55.5 Å². The Balaban J connectivity index is 1.85. The van der Waals surface area contributed by atoms with E-state index in [1.807, 2.05) is 6.07 Å². The van der Waals surface area contributed by atoms with E-state index in [0.29, 0.717) is 0 Å². The van der Waals surface area contributed by atoms with Gasteiger partial charge in [0, 0.05) is 0 Å². The van der Waals surface area contributed by atoms with E-state index in [0.717, 1.165) is 19.3 Å². The molecule has 0 aliphatic heterocycles. The minimum absolute atomic E-state index is 0.275. The third-order valence-electron chi connectivity index (χ3n) is 4.57. The van der Waals surface area contributed by atoms with E-state index >= 15 is 0 Å². The second-order valence-electron chi connectivity index (χ2n) is 6.35. The summed E-state index contributed by atoms with van der Waals surface area (Å²) in [6, 6.07) is 13.0. The molecule has 1 heteroatoms. The minimum atomic E-state index is -0.275. The maximum atomic E-state index is 9.61. The Morgan fingerprint density at radius 1 is 1.05 bits per heavy atom. The molecule has 2 rings (SSSR count). The molecule has 22 heavy (non-hydrogen) atoms. The normalized spacial score (nSPS) is 20.5. The summed E-state index contributed by atoms with van der Waals surface area (Å²) in [7, 11) is 0. The van der Waals surface area contributed by atoms with Crippen molar-refractivity contribution in [2.45, 2.75) is 58.3 Å². The molecular weight excluding hydrogens is 266 g/mol. The van der Waals surface area contributed by atoms with Crippen molar-refractivity contribution in [3.63, 3.8) is 0 Å². The van der Waals surface area contributed by atoms with Gasteiger partial charge in [0.05, 0.1) is 11.5 Å². The summed E-state index contributed by atoms with van der Waals surface area (Å²) in [6.07, 6.45) is 16.0. The lowest BCUT2D eigenvalue weighted by molar-refractivity contribution is 0.432. The molecule has 1 unspecified atom stereocenters. The topological polar surface area (TPSA) is 23.8 Å². The van der Waals surface area contributed by atoms with Crippen LogP contribution in [0.2, 0.25) is 0 Å². The molecule has 1 nitrogen and oxygen atoms in total. The van der Waals surface area contributed by atoms with Crippen LogP contribution in [0.3, 0.4) is 0 Å². The maximum Gasteiger partial charge on any atom is 0.0791 e. The van der Waals surface area contributed by atoms with Crippen LogP contribution >= 0.6 is 0 Å². The molecular formula is C21H27N. The third kappa shape index (κ3) is 4.60. The summed E-state index contributed by atoms with van der Waals surface area (Å²) in [6.45, 7) is 2.24. The lowest BCUT2D eigenvalue weighted by Gasteiger charge is -2.25. The van der Waals surface area contributed by atoms with Crippen LogP contribution in [0.15, 0.2) is 48.6 Å². The Labute approximate surface area is 135 Å². The highest BCUT2D eigenvalue weighted by Crippen LogP contribution is 2.37. The fourth-order valence-electron chi connectivity index (χ4n) is 3.07. The predicted octanol–water partition coefficient (Wildman–Crippen LogP) is 6.29. The van der Waals surface area contributed by atoms with Gasteiger partial charge in [0.1, 0.15) is 0 Å². The van der Waals surface area contributed by atoms with E-state index < -0.39 is 0 Å². The smallest absolute Gasteiger partial charge is 0.0791 e. The summed E-state index contributed by atoms with van der Waals surface area (Å²) in [5.41, 5.74) is 2.21. The monoisotopic (exact) mass is 293 g/mol. The summed E-state index contributed by atoms with van der Waals surface area (Å²) in [5, 5.41) is 9.61. The number of allylic oxidation sites excluding steroid dienone is 4. The first kappa shape index (κ1) is 16.6. The maximum absolute atomic E-state index is 9.61. The van der Waals surface area contributed by atoms with Gasteiger partial charge in [0.2, 0.25) is 0 Å². The number of rotatable bonds is 8. The predicted molar refractivity (Wildman–Crippen MR) is 94.2 cm³/mol. The number of unbranched alkanes of at least 4 members (excludes halogenated alkanes) is 5. The van der Waals surface area contributed by atoms with Crippen molar-refractivity contribution in [2.75, 3.05) is 0 Å². The average molecular weight is 293 g/mol. The van der Waals surface area contributed by atoms with E-state index in [1.165, 1.54) is 43.2 Å². The molecule has 116 valence electrons. The van der Waals surface area contributed by atoms with Crippen LogP contribution in [0.4, 0.5) is 0 Å². The minimum Gasteiger partial charge on any atom is -0.197 e. The quantitative estimate of drug-likeness (QED) is 0.517. The first-order valence-electron chi connectivity index (χ1n) is 8.66. The van der Waals surface area contributed by atoms with Crippen molar-refractivity contribution in [1.82, 2.24) is 0 Å². The van der Waals surface area contributed by atoms with Crippen LogP contribution in [-0.2, 0) is 0 Å². The highest BCUT2D eigenvalue weighted by molar-refractivity contribution is 5.75. The Morgan fingerprint density at radius 2 is 1.77 bits per heavy atom. The number of hydrogen-bond acceptors (Lipinski definition) is 1. The third-order valence-corrected chi connectivity index (χ3v) is 4.57. The van der Waals surface area contributed by atoms with Gasteiger partial charge >= 0.3 is 0 Å². The fourth-order valence-corrected chi connectivity index (χ4v) is 3.07. The standard InChI is InChI=1S/C21H27N/c1-2-3-4-5-6-10-15-21(18-22)16-13-20(14-17-21)19-11-8-7-9-12-19/h7-9,11-14,16H,2-6,10,15,17H2,1H3. The average Bonchev–Trinajstić information content (AvgIpc) is 2.59. The van der Waals surface area contributed by atoms with Gasteiger partial charge in [-0.05, 0) is 24.0 Å². The van der Waals surface area contributed by atoms with Crippen molar-refractivity contribution >= 4 is 5.57 Å². The molecule has 0 spiro atoms. The second-order valence-corrected chi connectivity index (χ2v) is 6.35. The molecule has 0 amide bonds. The first-order valence-corrected chi connectivity index (χ1v) is 8.66. The zero-order valence-electron chi connectivity index (χ0n) is 13.7. The van der Waals surface area contributed by atoms with Gasteiger partial charge in [0.25, 0.3) is 0 Å². The number of hydrogen-bond donors (Lipinski definition) is 0. The van der Waals surface area contributed by atoms with Gasteiger partial charge in [-0.2, -0.15) is 5.26 Å². The van der Waals surface area contributed by atoms with Crippen molar-refractivity contribution in [2.24, 2.45) is 5.41 Å². The Kier molecular flexibility index (Phi) is 6.46.